The molecule has 27 heavy (non-hydrogen) atoms. The SMILES string of the molecule is COc1ccc(-c2ccccc2)cc1N1C(=O)[C@@H]2C[C@H]1CN2C(=O)CCO. The van der Waals surface area contributed by atoms with Crippen molar-refractivity contribution in [1.29, 1.82) is 0 Å². The molecule has 4 rings (SSSR count). The first-order chi connectivity index (χ1) is 13.1. The monoisotopic (exact) mass is 366 g/mol. The predicted octanol–water partition coefficient (Wildman–Crippen LogP) is 2.06. The fourth-order valence-electron chi connectivity index (χ4n) is 4.09. The van der Waals surface area contributed by atoms with Crippen LogP contribution in [0.5, 0.6) is 5.75 Å². The third-order valence-corrected chi connectivity index (χ3v) is 5.36. The Labute approximate surface area is 158 Å². The zero-order valence-electron chi connectivity index (χ0n) is 15.2. The van der Waals surface area contributed by atoms with Crippen molar-refractivity contribution in [1.82, 2.24) is 4.90 Å². The Morgan fingerprint density at radius 3 is 2.63 bits per heavy atom. The van der Waals surface area contributed by atoms with Crippen molar-refractivity contribution in [3.8, 4) is 16.9 Å². The number of hydrogen-bond donors (Lipinski definition) is 1. The molecule has 140 valence electrons. The molecule has 6 nitrogen and oxygen atoms in total. The molecule has 2 saturated heterocycles. The van der Waals surface area contributed by atoms with E-state index < -0.39 is 6.04 Å². The number of aliphatic hydroxyl groups is 1. The van der Waals surface area contributed by atoms with Crippen molar-refractivity contribution in [2.45, 2.75) is 24.9 Å². The third-order valence-electron chi connectivity index (χ3n) is 5.36. The highest BCUT2D eigenvalue weighted by molar-refractivity contribution is 6.05. The number of aliphatic hydroxyl groups excluding tert-OH is 1. The number of likely N-dealkylation sites (tertiary alicyclic amines) is 1. The minimum absolute atomic E-state index is 0.0588. The summed E-state index contributed by atoms with van der Waals surface area (Å²) in [6.45, 7) is 0.297. The summed E-state index contributed by atoms with van der Waals surface area (Å²) >= 11 is 0. The molecule has 2 amide bonds. The van der Waals surface area contributed by atoms with Gasteiger partial charge in [-0.15, -0.1) is 0 Å². The van der Waals surface area contributed by atoms with Crippen LogP contribution in [0.1, 0.15) is 12.8 Å². The summed E-state index contributed by atoms with van der Waals surface area (Å²) in [7, 11) is 1.59. The largest absolute Gasteiger partial charge is 0.495 e. The van der Waals surface area contributed by atoms with Gasteiger partial charge in [0.1, 0.15) is 11.8 Å². The highest BCUT2D eigenvalue weighted by Gasteiger charge is 2.52. The minimum Gasteiger partial charge on any atom is -0.495 e. The number of rotatable bonds is 5. The fraction of sp³-hybridized carbons (Fsp3) is 0.333. The lowest BCUT2D eigenvalue weighted by molar-refractivity contribution is -0.138. The molecule has 1 N–H and O–H groups in total. The maximum absolute atomic E-state index is 13.0. The van der Waals surface area contributed by atoms with E-state index in [4.69, 9.17) is 9.84 Å². The number of carbonyl (C=O) groups is 2. The van der Waals surface area contributed by atoms with Gasteiger partial charge in [-0.2, -0.15) is 0 Å². The average Bonchev–Trinajstić information content (AvgIpc) is 3.27. The quantitative estimate of drug-likeness (QED) is 0.879. The van der Waals surface area contributed by atoms with Crippen LogP contribution in [-0.4, -0.2) is 54.2 Å². The highest BCUT2D eigenvalue weighted by atomic mass is 16.5. The van der Waals surface area contributed by atoms with Crippen LogP contribution < -0.4 is 9.64 Å². The standard InChI is InChI=1S/C21H22N2O4/c1-27-19-8-7-15(14-5-3-2-4-6-14)11-17(19)23-16-12-18(21(23)26)22(13-16)20(25)9-10-24/h2-8,11,16,18,24H,9-10,12-13H2,1H3/t16-,18-/m0/s1. The summed E-state index contributed by atoms with van der Waals surface area (Å²) in [6, 6.07) is 15.3. The van der Waals surface area contributed by atoms with Crippen LogP contribution in [0.3, 0.4) is 0 Å². The van der Waals surface area contributed by atoms with Crippen molar-refractivity contribution in [2.75, 3.05) is 25.2 Å². The topological polar surface area (TPSA) is 70.1 Å². The fourth-order valence-corrected chi connectivity index (χ4v) is 4.09. The van der Waals surface area contributed by atoms with E-state index in [2.05, 4.69) is 0 Å². The summed E-state index contributed by atoms with van der Waals surface area (Å²) in [4.78, 5) is 28.6. The number of fused-ring (bicyclic) bond motifs is 2. The second-order valence-corrected chi connectivity index (χ2v) is 6.89. The number of piperazine rings is 1. The Kier molecular flexibility index (Phi) is 4.58. The molecule has 0 aromatic heterocycles. The van der Waals surface area contributed by atoms with Gasteiger partial charge < -0.3 is 19.6 Å². The number of nitrogens with zero attached hydrogens (tertiary/aromatic N) is 2. The second kappa shape index (κ2) is 7.04. The zero-order valence-corrected chi connectivity index (χ0v) is 15.2. The first kappa shape index (κ1) is 17.5. The number of hydrogen-bond acceptors (Lipinski definition) is 4. The maximum Gasteiger partial charge on any atom is 0.250 e. The Morgan fingerprint density at radius 2 is 1.96 bits per heavy atom. The van der Waals surface area contributed by atoms with E-state index in [-0.39, 0.29) is 30.9 Å². The van der Waals surface area contributed by atoms with Gasteiger partial charge in [-0.25, -0.2) is 0 Å². The van der Waals surface area contributed by atoms with Gasteiger partial charge >= 0.3 is 0 Å². The van der Waals surface area contributed by atoms with Crippen LogP contribution in [0, 0.1) is 0 Å². The van der Waals surface area contributed by atoms with Crippen LogP contribution in [0.2, 0.25) is 0 Å². The van der Waals surface area contributed by atoms with Crippen LogP contribution in [0.25, 0.3) is 11.1 Å². The minimum atomic E-state index is -0.445. The smallest absolute Gasteiger partial charge is 0.250 e. The molecule has 0 unspecified atom stereocenters. The van der Waals surface area contributed by atoms with E-state index in [1.54, 1.807) is 16.9 Å². The van der Waals surface area contributed by atoms with E-state index in [1.165, 1.54) is 0 Å². The molecule has 2 fully saturated rings. The molecule has 2 atom stereocenters. The molecule has 2 aliphatic heterocycles. The summed E-state index contributed by atoms with van der Waals surface area (Å²) < 4.78 is 5.51. The zero-order chi connectivity index (χ0) is 19.0. The Hall–Kier alpha value is -2.86. The van der Waals surface area contributed by atoms with Gasteiger partial charge in [0, 0.05) is 13.0 Å². The van der Waals surface area contributed by atoms with Gasteiger partial charge in [0.15, 0.2) is 0 Å². The van der Waals surface area contributed by atoms with Crippen LogP contribution in [0.4, 0.5) is 5.69 Å². The molecule has 0 aliphatic carbocycles. The van der Waals surface area contributed by atoms with Gasteiger partial charge in [0.25, 0.3) is 0 Å². The molecule has 2 aliphatic rings. The number of carbonyl (C=O) groups excluding carboxylic acids is 2. The number of ether oxygens (including phenoxy) is 1. The second-order valence-electron chi connectivity index (χ2n) is 6.89. The number of amides is 2. The van der Waals surface area contributed by atoms with Crippen LogP contribution in [-0.2, 0) is 9.59 Å². The van der Waals surface area contributed by atoms with Crippen molar-refractivity contribution in [3.05, 3.63) is 48.5 Å². The first-order valence-electron chi connectivity index (χ1n) is 9.11. The van der Waals surface area contributed by atoms with E-state index in [1.807, 2.05) is 48.5 Å². The van der Waals surface area contributed by atoms with Gasteiger partial charge in [-0.3, -0.25) is 9.59 Å². The number of anilines is 1. The first-order valence-corrected chi connectivity index (χ1v) is 9.11. The van der Waals surface area contributed by atoms with Crippen LogP contribution >= 0.6 is 0 Å². The summed E-state index contributed by atoms with van der Waals surface area (Å²) in [5.74, 6) is 0.396. The van der Waals surface area contributed by atoms with E-state index in [0.29, 0.717) is 18.7 Å². The molecule has 0 radical (unpaired) electrons. The maximum atomic E-state index is 13.0. The molecule has 2 aromatic carbocycles. The molecule has 2 heterocycles. The van der Waals surface area contributed by atoms with Gasteiger partial charge in [-0.1, -0.05) is 36.4 Å². The molecule has 2 bridgehead atoms. The van der Waals surface area contributed by atoms with Gasteiger partial charge in [0.05, 0.1) is 25.4 Å². The molecule has 6 heteroatoms. The van der Waals surface area contributed by atoms with Gasteiger partial charge in [0.2, 0.25) is 11.8 Å². The number of methoxy groups -OCH3 is 1. The molecule has 0 saturated carbocycles. The van der Waals surface area contributed by atoms with E-state index in [0.717, 1.165) is 16.8 Å². The molecule has 2 aromatic rings. The van der Waals surface area contributed by atoms with E-state index in [9.17, 15) is 9.59 Å². The van der Waals surface area contributed by atoms with Crippen molar-refractivity contribution in [3.63, 3.8) is 0 Å². The Morgan fingerprint density at radius 1 is 1.19 bits per heavy atom. The lowest BCUT2D eigenvalue weighted by Crippen LogP contribution is -2.52. The third kappa shape index (κ3) is 2.96. The summed E-state index contributed by atoms with van der Waals surface area (Å²) in [5.41, 5.74) is 2.82. The van der Waals surface area contributed by atoms with Gasteiger partial charge in [-0.05, 0) is 29.7 Å². The highest BCUT2D eigenvalue weighted by Crippen LogP contribution is 2.41. The van der Waals surface area contributed by atoms with Crippen molar-refractivity contribution in [2.24, 2.45) is 0 Å². The average molecular weight is 366 g/mol. The van der Waals surface area contributed by atoms with E-state index >= 15 is 0 Å². The molecule has 0 spiro atoms. The molecular formula is C21H22N2O4. The summed E-state index contributed by atoms with van der Waals surface area (Å²) in [5, 5.41) is 9.01. The normalized spacial score (nSPS) is 21.0. The number of benzene rings is 2. The summed E-state index contributed by atoms with van der Waals surface area (Å²) in [6.07, 6.45) is 0.679. The predicted molar refractivity (Wildman–Crippen MR) is 102 cm³/mol. The molecular weight excluding hydrogens is 344 g/mol. The Balaban J connectivity index is 1.66. The Bertz CT molecular complexity index is 868. The van der Waals surface area contributed by atoms with Crippen LogP contribution in [0.15, 0.2) is 48.5 Å². The lowest BCUT2D eigenvalue weighted by Gasteiger charge is -2.34. The van der Waals surface area contributed by atoms with Crippen molar-refractivity contribution < 1.29 is 19.4 Å². The van der Waals surface area contributed by atoms with Crippen molar-refractivity contribution >= 4 is 17.5 Å². The lowest BCUT2D eigenvalue weighted by atomic mass is 10.0.